The smallest absolute Gasteiger partial charge is 0.221 e. The van der Waals surface area contributed by atoms with Crippen LogP contribution in [0.5, 0.6) is 0 Å². The van der Waals surface area contributed by atoms with E-state index in [1.165, 1.54) is 19.3 Å². The molecular formula is C11H17NO. The standard InChI is InChI=1S/C11H17NO/c1-2-3-9-11(13)12-10-7-5-4-6-8-10/h1,10H,3-9H2,(H,12,13). The molecule has 2 heteroatoms. The predicted molar refractivity (Wildman–Crippen MR) is 53.1 cm³/mol. The number of hydrogen-bond donors (Lipinski definition) is 1. The highest BCUT2D eigenvalue weighted by Gasteiger charge is 2.14. The Hall–Kier alpha value is -0.970. The van der Waals surface area contributed by atoms with Gasteiger partial charge in [0, 0.05) is 18.9 Å². The summed E-state index contributed by atoms with van der Waals surface area (Å²) in [5, 5.41) is 3.02. The first kappa shape index (κ1) is 10.1. The van der Waals surface area contributed by atoms with Crippen LogP contribution >= 0.6 is 0 Å². The van der Waals surface area contributed by atoms with Crippen molar-refractivity contribution >= 4 is 5.91 Å². The maximum absolute atomic E-state index is 11.3. The Morgan fingerprint density at radius 2 is 2.08 bits per heavy atom. The molecule has 72 valence electrons. The minimum atomic E-state index is 0.116. The normalized spacial score (nSPS) is 17.8. The van der Waals surface area contributed by atoms with E-state index in [4.69, 9.17) is 6.42 Å². The number of terminal acetylenes is 1. The second-order valence-corrected chi connectivity index (χ2v) is 3.61. The van der Waals surface area contributed by atoms with Crippen molar-refractivity contribution in [3.8, 4) is 12.3 Å². The van der Waals surface area contributed by atoms with E-state index in [1.54, 1.807) is 0 Å². The van der Waals surface area contributed by atoms with Crippen LogP contribution < -0.4 is 5.32 Å². The number of hydrogen-bond acceptors (Lipinski definition) is 1. The highest BCUT2D eigenvalue weighted by Crippen LogP contribution is 2.17. The molecule has 0 aliphatic heterocycles. The van der Waals surface area contributed by atoms with E-state index in [-0.39, 0.29) is 5.91 Å². The third-order valence-corrected chi connectivity index (χ3v) is 2.47. The molecule has 0 radical (unpaired) electrons. The van der Waals surface area contributed by atoms with Crippen LogP contribution in [0.4, 0.5) is 0 Å². The molecule has 0 aromatic rings. The number of amides is 1. The van der Waals surface area contributed by atoms with Gasteiger partial charge in [-0.1, -0.05) is 19.3 Å². The van der Waals surface area contributed by atoms with E-state index < -0.39 is 0 Å². The van der Waals surface area contributed by atoms with Crippen LogP contribution in [0, 0.1) is 12.3 Å². The summed E-state index contributed by atoms with van der Waals surface area (Å²) < 4.78 is 0. The van der Waals surface area contributed by atoms with Gasteiger partial charge in [-0.25, -0.2) is 0 Å². The molecule has 0 spiro atoms. The molecule has 0 aromatic carbocycles. The highest BCUT2D eigenvalue weighted by molar-refractivity contribution is 5.76. The third kappa shape index (κ3) is 3.98. The summed E-state index contributed by atoms with van der Waals surface area (Å²) in [4.78, 5) is 11.3. The molecule has 1 fully saturated rings. The van der Waals surface area contributed by atoms with Crippen molar-refractivity contribution in [1.82, 2.24) is 5.32 Å². The molecule has 1 N–H and O–H groups in total. The number of rotatable bonds is 3. The van der Waals surface area contributed by atoms with Gasteiger partial charge in [0.15, 0.2) is 0 Å². The summed E-state index contributed by atoms with van der Waals surface area (Å²) in [5.74, 6) is 2.59. The Kier molecular flexibility index (Phi) is 4.39. The summed E-state index contributed by atoms with van der Waals surface area (Å²) in [6.45, 7) is 0. The largest absolute Gasteiger partial charge is 0.353 e. The monoisotopic (exact) mass is 179 g/mol. The molecule has 0 aromatic heterocycles. The van der Waals surface area contributed by atoms with E-state index in [9.17, 15) is 4.79 Å². The van der Waals surface area contributed by atoms with Gasteiger partial charge in [-0.3, -0.25) is 4.79 Å². The maximum atomic E-state index is 11.3. The summed E-state index contributed by atoms with van der Waals surface area (Å²) in [6, 6.07) is 0.416. The lowest BCUT2D eigenvalue weighted by molar-refractivity contribution is -0.121. The minimum absolute atomic E-state index is 0.116. The molecule has 0 saturated heterocycles. The summed E-state index contributed by atoms with van der Waals surface area (Å²) in [7, 11) is 0. The molecule has 0 heterocycles. The molecule has 1 amide bonds. The van der Waals surface area contributed by atoms with Gasteiger partial charge < -0.3 is 5.32 Å². The lowest BCUT2D eigenvalue weighted by atomic mass is 9.95. The number of carbonyl (C=O) groups excluding carboxylic acids is 1. The summed E-state index contributed by atoms with van der Waals surface area (Å²) >= 11 is 0. The first-order chi connectivity index (χ1) is 6.33. The first-order valence-corrected chi connectivity index (χ1v) is 5.06. The first-order valence-electron chi connectivity index (χ1n) is 5.06. The zero-order chi connectivity index (χ0) is 9.52. The molecule has 0 unspecified atom stereocenters. The topological polar surface area (TPSA) is 29.1 Å². The van der Waals surface area contributed by atoms with Crippen LogP contribution in [0.15, 0.2) is 0 Å². The number of nitrogens with one attached hydrogen (secondary N) is 1. The highest BCUT2D eigenvalue weighted by atomic mass is 16.1. The SMILES string of the molecule is C#CCCC(=O)NC1CCCCC1. The fraction of sp³-hybridized carbons (Fsp3) is 0.727. The Morgan fingerprint density at radius 3 is 2.69 bits per heavy atom. The van der Waals surface area contributed by atoms with Crippen LogP contribution in [0.1, 0.15) is 44.9 Å². The van der Waals surface area contributed by atoms with Crippen LogP contribution in [-0.4, -0.2) is 11.9 Å². The second-order valence-electron chi connectivity index (χ2n) is 3.61. The van der Waals surface area contributed by atoms with Crippen molar-refractivity contribution in [3.05, 3.63) is 0 Å². The van der Waals surface area contributed by atoms with Crippen molar-refractivity contribution in [3.63, 3.8) is 0 Å². The molecule has 13 heavy (non-hydrogen) atoms. The molecular weight excluding hydrogens is 162 g/mol. The molecule has 1 saturated carbocycles. The van der Waals surface area contributed by atoms with E-state index in [2.05, 4.69) is 11.2 Å². The fourth-order valence-electron chi connectivity index (χ4n) is 1.73. The average molecular weight is 179 g/mol. The van der Waals surface area contributed by atoms with Crippen LogP contribution in [-0.2, 0) is 4.79 Å². The molecule has 1 aliphatic carbocycles. The van der Waals surface area contributed by atoms with Gasteiger partial charge in [0.2, 0.25) is 5.91 Å². The van der Waals surface area contributed by atoms with Gasteiger partial charge in [-0.05, 0) is 12.8 Å². The number of carbonyl (C=O) groups is 1. The van der Waals surface area contributed by atoms with E-state index >= 15 is 0 Å². The van der Waals surface area contributed by atoms with Gasteiger partial charge in [0.05, 0.1) is 0 Å². The van der Waals surface area contributed by atoms with Crippen LogP contribution in [0.25, 0.3) is 0 Å². The van der Waals surface area contributed by atoms with Gasteiger partial charge in [0.25, 0.3) is 0 Å². The van der Waals surface area contributed by atoms with E-state index in [0.717, 1.165) is 12.8 Å². The van der Waals surface area contributed by atoms with Crippen molar-refractivity contribution in [2.24, 2.45) is 0 Å². The van der Waals surface area contributed by atoms with Crippen molar-refractivity contribution in [2.45, 2.75) is 51.0 Å². The van der Waals surface area contributed by atoms with Crippen molar-refractivity contribution in [1.29, 1.82) is 0 Å². The fourth-order valence-corrected chi connectivity index (χ4v) is 1.73. The van der Waals surface area contributed by atoms with Gasteiger partial charge in [-0.2, -0.15) is 0 Å². The van der Waals surface area contributed by atoms with Gasteiger partial charge in [-0.15, -0.1) is 12.3 Å². The second kappa shape index (κ2) is 5.64. The van der Waals surface area contributed by atoms with E-state index in [0.29, 0.717) is 18.9 Å². The molecule has 1 aliphatic rings. The zero-order valence-electron chi connectivity index (χ0n) is 8.01. The molecule has 1 rings (SSSR count). The lowest BCUT2D eigenvalue weighted by Crippen LogP contribution is -2.35. The predicted octanol–water partition coefficient (Wildman–Crippen LogP) is 1.85. The summed E-state index contributed by atoms with van der Waals surface area (Å²) in [6.07, 6.45) is 12.2. The minimum Gasteiger partial charge on any atom is -0.353 e. The average Bonchev–Trinajstić information content (AvgIpc) is 2.16. The van der Waals surface area contributed by atoms with Crippen LogP contribution in [0.2, 0.25) is 0 Å². The van der Waals surface area contributed by atoms with Crippen LogP contribution in [0.3, 0.4) is 0 Å². The van der Waals surface area contributed by atoms with Gasteiger partial charge in [0.1, 0.15) is 0 Å². The lowest BCUT2D eigenvalue weighted by Gasteiger charge is -2.22. The molecule has 2 nitrogen and oxygen atoms in total. The van der Waals surface area contributed by atoms with Crippen molar-refractivity contribution < 1.29 is 4.79 Å². The zero-order valence-corrected chi connectivity index (χ0v) is 8.01. The summed E-state index contributed by atoms with van der Waals surface area (Å²) in [5.41, 5.74) is 0. The Bertz CT molecular complexity index is 199. The van der Waals surface area contributed by atoms with Crippen molar-refractivity contribution in [2.75, 3.05) is 0 Å². The third-order valence-electron chi connectivity index (χ3n) is 2.47. The molecule has 0 bridgehead atoms. The van der Waals surface area contributed by atoms with E-state index in [1.807, 2.05) is 0 Å². The Morgan fingerprint density at radius 1 is 1.38 bits per heavy atom. The maximum Gasteiger partial charge on any atom is 0.221 e. The molecule has 0 atom stereocenters. The van der Waals surface area contributed by atoms with Gasteiger partial charge >= 0.3 is 0 Å². The Balaban J connectivity index is 2.15. The Labute approximate surface area is 80.1 Å². The quantitative estimate of drug-likeness (QED) is 0.658.